The molecule has 0 aliphatic heterocycles. The molecule has 0 bridgehead atoms. The molecule has 0 saturated heterocycles. The van der Waals surface area contributed by atoms with E-state index < -0.39 is 5.54 Å². The van der Waals surface area contributed by atoms with Gasteiger partial charge in [0.15, 0.2) is 0 Å². The van der Waals surface area contributed by atoms with Gasteiger partial charge in [0.25, 0.3) is 0 Å². The van der Waals surface area contributed by atoms with Gasteiger partial charge in [-0.25, -0.2) is 4.68 Å². The van der Waals surface area contributed by atoms with Gasteiger partial charge in [0.2, 0.25) is 5.88 Å². The maximum absolute atomic E-state index is 5.50. The van der Waals surface area contributed by atoms with E-state index in [2.05, 4.69) is 79.0 Å². The summed E-state index contributed by atoms with van der Waals surface area (Å²) in [6.07, 6.45) is 2.06. The van der Waals surface area contributed by atoms with Gasteiger partial charge in [0.05, 0.1) is 7.11 Å². The third kappa shape index (κ3) is 2.81. The highest BCUT2D eigenvalue weighted by Gasteiger charge is 2.39. The minimum atomic E-state index is -0.592. The molecule has 4 aromatic rings. The normalized spacial score (nSPS) is 11.3. The van der Waals surface area contributed by atoms with E-state index in [0.29, 0.717) is 5.88 Å². The van der Waals surface area contributed by atoms with Gasteiger partial charge in [0, 0.05) is 11.8 Å². The van der Waals surface area contributed by atoms with E-state index in [0.717, 1.165) is 22.3 Å². The summed E-state index contributed by atoms with van der Waals surface area (Å²) in [7, 11) is 1.66. The van der Waals surface area contributed by atoms with Crippen molar-refractivity contribution in [2.75, 3.05) is 7.11 Å². The molecule has 1 heterocycles. The van der Waals surface area contributed by atoms with Gasteiger partial charge < -0.3 is 4.74 Å². The Kier molecular flexibility index (Phi) is 4.51. The van der Waals surface area contributed by atoms with Crippen LogP contribution in [0.15, 0.2) is 97.2 Å². The lowest BCUT2D eigenvalue weighted by atomic mass is 9.77. The molecule has 0 saturated carbocycles. The Bertz CT molecular complexity index is 912. The lowest BCUT2D eigenvalue weighted by Gasteiger charge is -2.36. The second kappa shape index (κ2) is 7.12. The van der Waals surface area contributed by atoms with Gasteiger partial charge >= 0.3 is 0 Å². The third-order valence-corrected chi connectivity index (χ3v) is 4.96. The first-order valence-electron chi connectivity index (χ1n) is 9.04. The summed E-state index contributed by atoms with van der Waals surface area (Å²) in [6, 6.07) is 31.5. The number of ether oxygens (including phenoxy) is 1. The monoisotopic (exact) mass is 354 g/mol. The van der Waals surface area contributed by atoms with E-state index in [1.165, 1.54) is 0 Å². The van der Waals surface area contributed by atoms with Crippen molar-refractivity contribution in [3.8, 4) is 5.88 Å². The van der Waals surface area contributed by atoms with Crippen molar-refractivity contribution in [2.45, 2.75) is 12.5 Å². The van der Waals surface area contributed by atoms with E-state index in [1.54, 1.807) is 7.11 Å². The van der Waals surface area contributed by atoms with Crippen LogP contribution in [0.1, 0.15) is 22.3 Å². The van der Waals surface area contributed by atoms with Gasteiger partial charge in [0.1, 0.15) is 5.54 Å². The van der Waals surface area contributed by atoms with Crippen LogP contribution < -0.4 is 4.74 Å². The summed E-state index contributed by atoms with van der Waals surface area (Å²) < 4.78 is 7.53. The predicted molar refractivity (Wildman–Crippen MR) is 108 cm³/mol. The lowest BCUT2D eigenvalue weighted by Crippen LogP contribution is -2.38. The van der Waals surface area contributed by atoms with Gasteiger partial charge in [-0.2, -0.15) is 0 Å². The van der Waals surface area contributed by atoms with Gasteiger partial charge in [-0.3, -0.25) is 0 Å². The summed E-state index contributed by atoms with van der Waals surface area (Å²) in [5.74, 6) is 0.641. The fourth-order valence-electron chi connectivity index (χ4n) is 3.75. The Morgan fingerprint density at radius 3 is 1.44 bits per heavy atom. The second-order valence-corrected chi connectivity index (χ2v) is 6.57. The van der Waals surface area contributed by atoms with Crippen molar-refractivity contribution in [1.82, 2.24) is 9.78 Å². The Labute approximate surface area is 159 Å². The standard InChI is InChI=1S/C24H22N2O/c1-19-18-26(25-23(19)27-2)24(20-12-6-3-7-13-20,21-14-8-4-9-15-21)22-16-10-5-11-17-22/h3-18H,1-2H3. The van der Waals surface area contributed by atoms with Crippen LogP contribution >= 0.6 is 0 Å². The molecular weight excluding hydrogens is 332 g/mol. The largest absolute Gasteiger partial charge is 0.480 e. The maximum atomic E-state index is 5.50. The lowest BCUT2D eigenvalue weighted by molar-refractivity contribution is 0.372. The van der Waals surface area contributed by atoms with Crippen molar-refractivity contribution in [1.29, 1.82) is 0 Å². The van der Waals surface area contributed by atoms with Crippen molar-refractivity contribution in [3.63, 3.8) is 0 Å². The highest BCUT2D eigenvalue weighted by molar-refractivity contribution is 5.50. The molecule has 3 heteroatoms. The number of benzene rings is 3. The van der Waals surface area contributed by atoms with Crippen molar-refractivity contribution >= 4 is 0 Å². The number of hydrogen-bond donors (Lipinski definition) is 0. The summed E-state index contributed by atoms with van der Waals surface area (Å²) >= 11 is 0. The van der Waals surface area contributed by atoms with E-state index in [1.807, 2.05) is 29.8 Å². The third-order valence-electron chi connectivity index (χ3n) is 4.96. The Morgan fingerprint density at radius 2 is 1.11 bits per heavy atom. The average molecular weight is 354 g/mol. The van der Waals surface area contributed by atoms with Gasteiger partial charge in [-0.1, -0.05) is 91.0 Å². The first-order valence-corrected chi connectivity index (χ1v) is 9.04. The molecule has 0 aliphatic rings. The fraction of sp³-hybridized carbons (Fsp3) is 0.125. The Hall–Kier alpha value is -3.33. The minimum absolute atomic E-state index is 0.592. The summed E-state index contributed by atoms with van der Waals surface area (Å²) in [5, 5.41) is 4.82. The number of hydrogen-bond acceptors (Lipinski definition) is 2. The number of methoxy groups -OCH3 is 1. The number of rotatable bonds is 5. The highest BCUT2D eigenvalue weighted by Crippen LogP contribution is 2.41. The molecule has 0 atom stereocenters. The van der Waals surface area contributed by atoms with E-state index in [4.69, 9.17) is 9.84 Å². The van der Waals surface area contributed by atoms with Gasteiger partial charge in [-0.05, 0) is 23.6 Å². The Morgan fingerprint density at radius 1 is 0.704 bits per heavy atom. The molecule has 134 valence electrons. The summed E-state index contributed by atoms with van der Waals surface area (Å²) in [5.41, 5.74) is 3.85. The fourth-order valence-corrected chi connectivity index (χ4v) is 3.75. The summed E-state index contributed by atoms with van der Waals surface area (Å²) in [4.78, 5) is 0. The van der Waals surface area contributed by atoms with Crippen molar-refractivity contribution < 1.29 is 4.74 Å². The molecule has 0 fully saturated rings. The highest BCUT2D eigenvalue weighted by atomic mass is 16.5. The molecule has 1 aromatic heterocycles. The average Bonchev–Trinajstić information content (AvgIpc) is 3.12. The first-order chi connectivity index (χ1) is 13.3. The zero-order valence-corrected chi connectivity index (χ0v) is 15.5. The molecule has 4 rings (SSSR count). The quantitative estimate of drug-likeness (QED) is 0.470. The zero-order valence-electron chi connectivity index (χ0n) is 15.5. The maximum Gasteiger partial charge on any atom is 0.235 e. The van der Waals surface area contributed by atoms with Crippen LogP contribution in [0.2, 0.25) is 0 Å². The molecule has 0 N–H and O–H groups in total. The molecule has 0 aliphatic carbocycles. The molecule has 0 radical (unpaired) electrons. The molecule has 0 unspecified atom stereocenters. The SMILES string of the molecule is COc1nn(C(c2ccccc2)(c2ccccc2)c2ccccc2)cc1C. The van der Waals surface area contributed by atoms with Gasteiger partial charge in [-0.15, -0.1) is 5.10 Å². The van der Waals surface area contributed by atoms with Crippen molar-refractivity contribution in [2.24, 2.45) is 0 Å². The molecule has 3 aromatic carbocycles. The zero-order chi connectivity index (χ0) is 18.7. The number of aromatic nitrogens is 2. The smallest absolute Gasteiger partial charge is 0.235 e. The van der Waals surface area contributed by atoms with Crippen LogP contribution in [0.4, 0.5) is 0 Å². The van der Waals surface area contributed by atoms with Crippen molar-refractivity contribution in [3.05, 3.63) is 119 Å². The summed E-state index contributed by atoms with van der Waals surface area (Å²) in [6.45, 7) is 2.02. The second-order valence-electron chi connectivity index (χ2n) is 6.57. The molecule has 27 heavy (non-hydrogen) atoms. The first kappa shape index (κ1) is 17.1. The van der Waals surface area contributed by atoms with E-state index in [9.17, 15) is 0 Å². The Balaban J connectivity index is 2.12. The number of aryl methyl sites for hydroxylation is 1. The number of nitrogens with zero attached hydrogens (tertiary/aromatic N) is 2. The minimum Gasteiger partial charge on any atom is -0.480 e. The van der Waals surface area contributed by atoms with E-state index >= 15 is 0 Å². The molecule has 0 amide bonds. The molecular formula is C24H22N2O. The van der Waals surface area contributed by atoms with Crippen LogP contribution in [0.3, 0.4) is 0 Å². The van der Waals surface area contributed by atoms with Crippen LogP contribution in [0.5, 0.6) is 5.88 Å². The predicted octanol–water partition coefficient (Wildman–Crippen LogP) is 5.04. The van der Waals surface area contributed by atoms with Crippen LogP contribution in [-0.4, -0.2) is 16.9 Å². The van der Waals surface area contributed by atoms with Crippen LogP contribution in [0.25, 0.3) is 0 Å². The topological polar surface area (TPSA) is 27.1 Å². The molecule has 0 spiro atoms. The van der Waals surface area contributed by atoms with Crippen LogP contribution in [0, 0.1) is 6.92 Å². The molecule has 3 nitrogen and oxygen atoms in total. The van der Waals surface area contributed by atoms with E-state index in [-0.39, 0.29) is 0 Å². The van der Waals surface area contributed by atoms with Crippen LogP contribution in [-0.2, 0) is 5.54 Å².